The van der Waals surface area contributed by atoms with Gasteiger partial charge in [-0.25, -0.2) is 0 Å². The molecule has 0 spiro atoms. The van der Waals surface area contributed by atoms with Crippen LogP contribution in [0.2, 0.25) is 0 Å². The number of carbonyl (C=O) groups is 2. The predicted octanol–water partition coefficient (Wildman–Crippen LogP) is 2.80. The fraction of sp³-hybridized carbons (Fsp3) is 0.412. The van der Waals surface area contributed by atoms with Crippen molar-refractivity contribution in [2.45, 2.75) is 31.4 Å². The zero-order valence-electron chi connectivity index (χ0n) is 15.0. The average molecular weight is 362 g/mol. The third-order valence-corrected chi connectivity index (χ3v) is 3.99. The first-order valence-electron chi connectivity index (χ1n) is 7.75. The van der Waals surface area contributed by atoms with Crippen molar-refractivity contribution in [1.29, 1.82) is 0 Å². The monoisotopic (exact) mass is 362 g/mol. The molecular formula is C17H22N4O3S. The van der Waals surface area contributed by atoms with Gasteiger partial charge in [-0.05, 0) is 18.2 Å². The topological polar surface area (TPSA) is 88.3 Å². The first kappa shape index (κ1) is 19.0. The summed E-state index contributed by atoms with van der Waals surface area (Å²) in [4.78, 5) is 25.5. The maximum atomic E-state index is 12.1. The van der Waals surface area contributed by atoms with Gasteiger partial charge >= 0.3 is 0 Å². The molecule has 0 unspecified atom stereocenters. The van der Waals surface area contributed by atoms with Gasteiger partial charge in [-0.3, -0.25) is 9.59 Å². The van der Waals surface area contributed by atoms with Crippen molar-refractivity contribution >= 4 is 29.3 Å². The summed E-state index contributed by atoms with van der Waals surface area (Å²) in [7, 11) is 3.36. The number of thioether (sulfide) groups is 1. The molecule has 2 aromatic rings. The van der Waals surface area contributed by atoms with E-state index in [0.717, 1.165) is 0 Å². The molecule has 1 aromatic heterocycles. The lowest BCUT2D eigenvalue weighted by Gasteiger charge is -2.11. The molecule has 0 fully saturated rings. The van der Waals surface area contributed by atoms with Crippen LogP contribution in [0.4, 0.5) is 5.69 Å². The minimum absolute atomic E-state index is 0.119. The minimum atomic E-state index is -0.229. The first-order chi connectivity index (χ1) is 11.7. The number of nitrogens with one attached hydrogen (secondary N) is 1. The minimum Gasteiger partial charge on any atom is -0.415 e. The molecule has 0 aliphatic carbocycles. The molecule has 0 radical (unpaired) electrons. The zero-order valence-corrected chi connectivity index (χ0v) is 15.8. The summed E-state index contributed by atoms with van der Waals surface area (Å²) in [5.74, 6) is 0.337. The summed E-state index contributed by atoms with van der Waals surface area (Å²) in [5, 5.41) is 11.0. The third kappa shape index (κ3) is 5.32. The number of nitrogens with zero attached hydrogens (tertiary/aromatic N) is 3. The standard InChI is InChI=1S/C17H22N4O3S/c1-17(2,3)15-19-20-16(24-15)25-10-13(22)18-12-8-6-7-11(9-12)14(23)21(4)5/h6-9H,10H2,1-5H3,(H,18,22). The number of aromatic nitrogens is 2. The fourth-order valence-electron chi connectivity index (χ4n) is 1.88. The molecule has 0 bridgehead atoms. The summed E-state index contributed by atoms with van der Waals surface area (Å²) in [6.07, 6.45) is 0. The van der Waals surface area contributed by atoms with Gasteiger partial charge in [0.25, 0.3) is 11.1 Å². The molecule has 1 heterocycles. The average Bonchev–Trinajstić information content (AvgIpc) is 3.01. The lowest BCUT2D eigenvalue weighted by Crippen LogP contribution is -2.22. The van der Waals surface area contributed by atoms with Gasteiger partial charge in [-0.1, -0.05) is 38.6 Å². The number of hydrogen-bond donors (Lipinski definition) is 1. The quantitative estimate of drug-likeness (QED) is 0.823. The van der Waals surface area contributed by atoms with E-state index >= 15 is 0 Å². The van der Waals surface area contributed by atoms with E-state index in [9.17, 15) is 9.59 Å². The lowest BCUT2D eigenvalue weighted by molar-refractivity contribution is -0.113. The second-order valence-corrected chi connectivity index (χ2v) is 7.67. The fourth-order valence-corrected chi connectivity index (χ4v) is 2.45. The van der Waals surface area contributed by atoms with Crippen LogP contribution in [-0.4, -0.2) is 46.8 Å². The van der Waals surface area contributed by atoms with Crippen LogP contribution in [0.25, 0.3) is 0 Å². The van der Waals surface area contributed by atoms with Gasteiger partial charge in [0.15, 0.2) is 0 Å². The van der Waals surface area contributed by atoms with E-state index < -0.39 is 0 Å². The molecule has 0 aliphatic rings. The molecule has 0 saturated heterocycles. The molecule has 25 heavy (non-hydrogen) atoms. The van der Waals surface area contributed by atoms with Crippen molar-refractivity contribution in [3.05, 3.63) is 35.7 Å². The van der Waals surface area contributed by atoms with Gasteiger partial charge in [0, 0.05) is 30.8 Å². The Balaban J connectivity index is 1.93. The Bertz CT molecular complexity index is 765. The van der Waals surface area contributed by atoms with Crippen LogP contribution < -0.4 is 5.32 Å². The number of hydrogen-bond acceptors (Lipinski definition) is 6. The highest BCUT2D eigenvalue weighted by Crippen LogP contribution is 2.24. The van der Waals surface area contributed by atoms with Crippen LogP contribution in [0.3, 0.4) is 0 Å². The summed E-state index contributed by atoms with van der Waals surface area (Å²) < 4.78 is 5.54. The van der Waals surface area contributed by atoms with Gasteiger partial charge in [-0.15, -0.1) is 10.2 Å². The van der Waals surface area contributed by atoms with E-state index in [1.165, 1.54) is 16.7 Å². The second kappa shape index (κ2) is 7.69. The van der Waals surface area contributed by atoms with Crippen molar-refractivity contribution in [2.75, 3.05) is 25.2 Å². The van der Waals surface area contributed by atoms with Crippen LogP contribution in [0.15, 0.2) is 33.9 Å². The van der Waals surface area contributed by atoms with Gasteiger partial charge in [0.2, 0.25) is 11.8 Å². The first-order valence-corrected chi connectivity index (χ1v) is 8.74. The van der Waals surface area contributed by atoms with E-state index in [4.69, 9.17) is 4.42 Å². The smallest absolute Gasteiger partial charge is 0.277 e. The van der Waals surface area contributed by atoms with Crippen LogP contribution in [-0.2, 0) is 10.2 Å². The molecule has 2 amide bonds. The summed E-state index contributed by atoms with van der Waals surface area (Å²) in [5.41, 5.74) is 0.856. The second-order valence-electron chi connectivity index (χ2n) is 6.74. The number of amides is 2. The van der Waals surface area contributed by atoms with E-state index in [1.807, 2.05) is 20.8 Å². The molecule has 1 N–H and O–H groups in total. The maximum Gasteiger partial charge on any atom is 0.277 e. The Morgan fingerprint density at radius 3 is 2.56 bits per heavy atom. The third-order valence-electron chi connectivity index (χ3n) is 3.17. The van der Waals surface area contributed by atoms with Crippen LogP contribution in [0.5, 0.6) is 0 Å². The molecule has 134 valence electrons. The Hall–Kier alpha value is -2.35. The van der Waals surface area contributed by atoms with Crippen molar-refractivity contribution in [1.82, 2.24) is 15.1 Å². The van der Waals surface area contributed by atoms with Crippen molar-refractivity contribution in [3.8, 4) is 0 Å². The van der Waals surface area contributed by atoms with E-state index in [2.05, 4.69) is 15.5 Å². The van der Waals surface area contributed by atoms with Crippen molar-refractivity contribution in [3.63, 3.8) is 0 Å². The Morgan fingerprint density at radius 2 is 1.96 bits per heavy atom. The van der Waals surface area contributed by atoms with Crippen LogP contribution in [0.1, 0.15) is 37.0 Å². The summed E-state index contributed by atoms with van der Waals surface area (Å²) in [6.45, 7) is 5.93. The van der Waals surface area contributed by atoms with E-state index in [-0.39, 0.29) is 23.0 Å². The number of anilines is 1. The molecule has 2 rings (SSSR count). The molecule has 7 nitrogen and oxygen atoms in total. The molecule has 8 heteroatoms. The highest BCUT2D eigenvalue weighted by atomic mass is 32.2. The molecule has 0 saturated carbocycles. The molecular weight excluding hydrogens is 340 g/mol. The van der Waals surface area contributed by atoms with Gasteiger partial charge in [0.05, 0.1) is 5.75 Å². The summed E-state index contributed by atoms with van der Waals surface area (Å²) in [6, 6.07) is 6.82. The zero-order chi connectivity index (χ0) is 18.6. The molecule has 0 atom stereocenters. The molecule has 0 aliphatic heterocycles. The van der Waals surface area contributed by atoms with Crippen LogP contribution >= 0.6 is 11.8 Å². The normalized spacial score (nSPS) is 11.2. The van der Waals surface area contributed by atoms with Crippen molar-refractivity contribution < 1.29 is 14.0 Å². The van der Waals surface area contributed by atoms with E-state index in [0.29, 0.717) is 22.4 Å². The number of carbonyl (C=O) groups excluding carboxylic acids is 2. The Labute approximate surface area is 151 Å². The van der Waals surface area contributed by atoms with Gasteiger partial charge < -0.3 is 14.6 Å². The molecule has 1 aromatic carbocycles. The van der Waals surface area contributed by atoms with Crippen LogP contribution in [0, 0.1) is 0 Å². The largest absolute Gasteiger partial charge is 0.415 e. The predicted molar refractivity (Wildman–Crippen MR) is 96.8 cm³/mol. The van der Waals surface area contributed by atoms with E-state index in [1.54, 1.807) is 38.4 Å². The Morgan fingerprint density at radius 1 is 1.24 bits per heavy atom. The maximum absolute atomic E-state index is 12.1. The highest BCUT2D eigenvalue weighted by molar-refractivity contribution is 7.99. The van der Waals surface area contributed by atoms with Crippen molar-refractivity contribution in [2.24, 2.45) is 0 Å². The summed E-state index contributed by atoms with van der Waals surface area (Å²) >= 11 is 1.17. The number of benzene rings is 1. The number of rotatable bonds is 5. The van der Waals surface area contributed by atoms with Gasteiger partial charge in [0.1, 0.15) is 0 Å². The highest BCUT2D eigenvalue weighted by Gasteiger charge is 2.21. The van der Waals surface area contributed by atoms with Gasteiger partial charge in [-0.2, -0.15) is 0 Å². The Kier molecular flexibility index (Phi) is 5.84. The SMILES string of the molecule is CN(C)C(=O)c1cccc(NC(=O)CSc2nnc(C(C)(C)C)o2)c1. The lowest BCUT2D eigenvalue weighted by atomic mass is 9.97.